The Kier molecular flexibility index (Phi) is 3.93. The fourth-order valence-electron chi connectivity index (χ4n) is 1.46. The van der Waals surface area contributed by atoms with Crippen molar-refractivity contribution in [1.82, 2.24) is 0 Å². The number of alkyl halides is 1. The van der Waals surface area contributed by atoms with Crippen LogP contribution in [0.4, 0.5) is 4.39 Å². The molecule has 0 aliphatic heterocycles. The van der Waals surface area contributed by atoms with Crippen molar-refractivity contribution in [2.75, 3.05) is 13.8 Å². The third kappa shape index (κ3) is 2.25. The number of rotatable bonds is 4. The van der Waals surface area contributed by atoms with Crippen molar-refractivity contribution in [2.45, 2.75) is 20.3 Å². The molecule has 0 heterocycles. The minimum Gasteiger partial charge on any atom is -0.497 e. The highest BCUT2D eigenvalue weighted by molar-refractivity contribution is 5.43. The standard InChI is InChI=1S/C12H16FO/c1-4-10-5-6-11(14-3)7-12(10)9(2)8-13/h5-7H,4,8H2,1-3H3. The van der Waals surface area contributed by atoms with Crippen LogP contribution >= 0.6 is 0 Å². The lowest BCUT2D eigenvalue weighted by Gasteiger charge is -2.13. The summed E-state index contributed by atoms with van der Waals surface area (Å²) in [6, 6.07) is 5.80. The maximum absolute atomic E-state index is 12.5. The molecule has 1 aromatic rings. The largest absolute Gasteiger partial charge is 0.497 e. The quantitative estimate of drug-likeness (QED) is 0.717. The van der Waals surface area contributed by atoms with E-state index in [4.69, 9.17) is 4.74 Å². The van der Waals surface area contributed by atoms with Gasteiger partial charge in [0.05, 0.1) is 13.8 Å². The summed E-state index contributed by atoms with van der Waals surface area (Å²) in [5, 5.41) is 0. The van der Waals surface area contributed by atoms with Crippen molar-refractivity contribution < 1.29 is 9.13 Å². The second-order valence-corrected chi connectivity index (χ2v) is 3.29. The molecular weight excluding hydrogens is 179 g/mol. The minimum absolute atomic E-state index is 0.403. The molecule has 0 saturated heterocycles. The van der Waals surface area contributed by atoms with Crippen molar-refractivity contribution in [3.05, 3.63) is 35.2 Å². The van der Waals surface area contributed by atoms with Gasteiger partial charge in [-0.3, -0.25) is 4.39 Å². The molecule has 2 heteroatoms. The molecule has 1 aromatic carbocycles. The molecule has 1 rings (SSSR count). The van der Waals surface area contributed by atoms with Gasteiger partial charge in [0.1, 0.15) is 5.75 Å². The molecule has 0 fully saturated rings. The fraction of sp³-hybridized carbons (Fsp3) is 0.417. The average Bonchev–Trinajstić information content (AvgIpc) is 2.27. The average molecular weight is 195 g/mol. The number of aryl methyl sites for hydroxylation is 1. The molecule has 77 valence electrons. The van der Waals surface area contributed by atoms with Crippen LogP contribution in [-0.4, -0.2) is 13.8 Å². The van der Waals surface area contributed by atoms with Crippen LogP contribution in [0, 0.1) is 5.92 Å². The number of methoxy groups -OCH3 is 1. The van der Waals surface area contributed by atoms with E-state index in [1.807, 2.05) is 25.1 Å². The van der Waals surface area contributed by atoms with E-state index >= 15 is 0 Å². The summed E-state index contributed by atoms with van der Waals surface area (Å²) in [6.07, 6.45) is 0.913. The van der Waals surface area contributed by atoms with E-state index in [9.17, 15) is 4.39 Å². The molecule has 1 nitrogen and oxygen atoms in total. The maximum atomic E-state index is 12.5. The summed E-state index contributed by atoms with van der Waals surface area (Å²) in [5.41, 5.74) is 2.15. The number of ether oxygens (including phenoxy) is 1. The van der Waals surface area contributed by atoms with Crippen LogP contribution in [0.15, 0.2) is 18.2 Å². The highest BCUT2D eigenvalue weighted by atomic mass is 19.1. The monoisotopic (exact) mass is 195 g/mol. The van der Waals surface area contributed by atoms with Gasteiger partial charge in [-0.25, -0.2) is 0 Å². The summed E-state index contributed by atoms with van der Waals surface area (Å²) in [7, 11) is 1.62. The lowest BCUT2D eigenvalue weighted by atomic mass is 9.95. The predicted molar refractivity (Wildman–Crippen MR) is 56.4 cm³/mol. The van der Waals surface area contributed by atoms with Crippen LogP contribution in [0.5, 0.6) is 5.75 Å². The van der Waals surface area contributed by atoms with Gasteiger partial charge in [-0.2, -0.15) is 0 Å². The molecule has 0 atom stereocenters. The van der Waals surface area contributed by atoms with Gasteiger partial charge in [0.2, 0.25) is 0 Å². The Morgan fingerprint density at radius 3 is 2.64 bits per heavy atom. The SMILES string of the molecule is CCc1ccc(OC)cc1[C](C)CF. The molecule has 0 bridgehead atoms. The molecule has 0 spiro atoms. The van der Waals surface area contributed by atoms with Gasteiger partial charge in [-0.1, -0.05) is 19.9 Å². The number of hydrogen-bond acceptors (Lipinski definition) is 1. The molecule has 0 aliphatic rings. The van der Waals surface area contributed by atoms with Gasteiger partial charge >= 0.3 is 0 Å². The van der Waals surface area contributed by atoms with Crippen molar-refractivity contribution in [3.63, 3.8) is 0 Å². The number of hydrogen-bond donors (Lipinski definition) is 0. The first kappa shape index (κ1) is 11.0. The van der Waals surface area contributed by atoms with E-state index in [1.54, 1.807) is 7.11 Å². The van der Waals surface area contributed by atoms with Crippen LogP contribution in [0.1, 0.15) is 25.0 Å². The lowest BCUT2D eigenvalue weighted by Crippen LogP contribution is -2.02. The van der Waals surface area contributed by atoms with Crippen molar-refractivity contribution in [1.29, 1.82) is 0 Å². The van der Waals surface area contributed by atoms with Gasteiger partial charge in [0, 0.05) is 5.92 Å². The summed E-state index contributed by atoms with van der Waals surface area (Å²) < 4.78 is 17.7. The van der Waals surface area contributed by atoms with Crippen molar-refractivity contribution in [3.8, 4) is 5.75 Å². The Hall–Kier alpha value is -1.05. The Morgan fingerprint density at radius 2 is 2.14 bits per heavy atom. The summed E-state index contributed by atoms with van der Waals surface area (Å²) in [6.45, 7) is 3.48. The highest BCUT2D eigenvalue weighted by Crippen LogP contribution is 2.25. The van der Waals surface area contributed by atoms with Gasteiger partial charge < -0.3 is 4.74 Å². The first-order valence-corrected chi connectivity index (χ1v) is 4.78. The van der Waals surface area contributed by atoms with Gasteiger partial charge in [0.15, 0.2) is 0 Å². The molecular formula is C12H16FO. The topological polar surface area (TPSA) is 9.23 Å². The second kappa shape index (κ2) is 4.99. The zero-order valence-electron chi connectivity index (χ0n) is 8.93. The molecule has 0 aliphatic carbocycles. The molecule has 0 unspecified atom stereocenters. The minimum atomic E-state index is -0.403. The van der Waals surface area contributed by atoms with Crippen molar-refractivity contribution >= 4 is 0 Å². The summed E-state index contributed by atoms with van der Waals surface area (Å²) in [4.78, 5) is 0. The van der Waals surface area contributed by atoms with E-state index in [0.717, 1.165) is 23.7 Å². The normalized spacial score (nSPS) is 10.6. The molecule has 0 N–H and O–H groups in total. The Morgan fingerprint density at radius 1 is 1.43 bits per heavy atom. The smallest absolute Gasteiger partial charge is 0.119 e. The highest BCUT2D eigenvalue weighted by Gasteiger charge is 2.11. The van der Waals surface area contributed by atoms with E-state index < -0.39 is 6.67 Å². The molecule has 14 heavy (non-hydrogen) atoms. The van der Waals surface area contributed by atoms with Crippen LogP contribution < -0.4 is 4.74 Å². The number of halogens is 1. The van der Waals surface area contributed by atoms with Crippen LogP contribution in [0.25, 0.3) is 0 Å². The van der Waals surface area contributed by atoms with Gasteiger partial charge in [-0.15, -0.1) is 0 Å². The summed E-state index contributed by atoms with van der Waals surface area (Å²) >= 11 is 0. The zero-order valence-corrected chi connectivity index (χ0v) is 8.93. The lowest BCUT2D eigenvalue weighted by molar-refractivity contribution is 0.414. The van der Waals surface area contributed by atoms with E-state index in [2.05, 4.69) is 6.92 Å². The molecule has 0 aromatic heterocycles. The van der Waals surface area contributed by atoms with Gasteiger partial charge in [0.25, 0.3) is 0 Å². The first-order valence-electron chi connectivity index (χ1n) is 4.78. The molecule has 0 amide bonds. The predicted octanol–water partition coefficient (Wildman–Crippen LogP) is 3.17. The van der Waals surface area contributed by atoms with E-state index in [1.165, 1.54) is 5.56 Å². The second-order valence-electron chi connectivity index (χ2n) is 3.29. The third-order valence-corrected chi connectivity index (χ3v) is 2.36. The van der Waals surface area contributed by atoms with E-state index in [0.29, 0.717) is 0 Å². The van der Waals surface area contributed by atoms with Crippen LogP contribution in [-0.2, 0) is 6.42 Å². The maximum Gasteiger partial charge on any atom is 0.119 e. The zero-order chi connectivity index (χ0) is 10.6. The fourth-order valence-corrected chi connectivity index (χ4v) is 1.46. The Labute approximate surface area is 84.9 Å². The van der Waals surface area contributed by atoms with E-state index in [-0.39, 0.29) is 0 Å². The summed E-state index contributed by atoms with van der Waals surface area (Å²) in [5.74, 6) is 1.55. The third-order valence-electron chi connectivity index (χ3n) is 2.36. The molecule has 1 radical (unpaired) electrons. The van der Waals surface area contributed by atoms with Crippen LogP contribution in [0.3, 0.4) is 0 Å². The first-order chi connectivity index (χ1) is 6.72. The number of benzene rings is 1. The van der Waals surface area contributed by atoms with Gasteiger partial charge in [-0.05, 0) is 29.7 Å². The van der Waals surface area contributed by atoms with Crippen molar-refractivity contribution in [2.24, 2.45) is 0 Å². The Balaban J connectivity index is 3.08. The van der Waals surface area contributed by atoms with Crippen LogP contribution in [0.2, 0.25) is 0 Å². The molecule has 0 saturated carbocycles. The Bertz CT molecular complexity index is 296.